The predicted octanol–water partition coefficient (Wildman–Crippen LogP) is 8.59. The third kappa shape index (κ3) is 22.2. The molecule has 81 heavy (non-hydrogen) atoms. The summed E-state index contributed by atoms with van der Waals surface area (Å²) in [4.78, 5) is 42.7. The highest BCUT2D eigenvalue weighted by Gasteiger charge is 2.12. The first kappa shape index (κ1) is 63.6. The molecule has 8 N–H and O–H groups in total. The van der Waals surface area contributed by atoms with Crippen molar-refractivity contribution in [2.45, 2.75) is 66.8 Å². The van der Waals surface area contributed by atoms with Crippen molar-refractivity contribution in [3.63, 3.8) is 0 Å². The maximum atomic E-state index is 8.08. The van der Waals surface area contributed by atoms with Gasteiger partial charge in [0.2, 0.25) is 23.8 Å². The Hall–Kier alpha value is -9.89. The minimum atomic E-state index is -1.10. The third-order valence-electron chi connectivity index (χ3n) is 9.51. The van der Waals surface area contributed by atoms with Gasteiger partial charge in [0.15, 0.2) is 17.5 Å². The van der Waals surface area contributed by atoms with Crippen LogP contribution in [-0.2, 0) is 25.9 Å². The molecule has 0 radical (unpaired) electrons. The number of pyridine rings is 2. The Kier molecular flexibility index (Phi) is 25.2. The van der Waals surface area contributed by atoms with E-state index in [9.17, 15) is 0 Å². The van der Waals surface area contributed by atoms with E-state index in [-0.39, 0.29) is 41.5 Å². The van der Waals surface area contributed by atoms with E-state index in [4.69, 9.17) is 76.1 Å². The highest BCUT2D eigenvalue weighted by atomic mass is 35.5. The average Bonchev–Trinajstić information content (AvgIpc) is 4.31. The number of nitrogens with zero attached hydrogens (tertiary/aromatic N) is 22. The monoisotopic (exact) mass is 1170 g/mol. The van der Waals surface area contributed by atoms with Gasteiger partial charge in [0.05, 0.1) is 30.7 Å². The zero-order chi connectivity index (χ0) is 58.0. The second kappa shape index (κ2) is 32.1. The average molecular weight is 1170 g/mol. The molecule has 10 rings (SSSR count). The molecular weight excluding hydrogens is 1110 g/mol. The van der Waals surface area contributed by atoms with Crippen molar-refractivity contribution in [2.24, 2.45) is 5.11 Å². The number of rotatable bonds is 10. The van der Waals surface area contributed by atoms with Gasteiger partial charge in [0.25, 0.3) is 0 Å². The van der Waals surface area contributed by atoms with E-state index in [0.29, 0.717) is 52.8 Å². The van der Waals surface area contributed by atoms with Crippen molar-refractivity contribution in [3.8, 4) is 53.2 Å². The first-order valence-electron chi connectivity index (χ1n) is 23.7. The molecule has 10 aromatic heterocycles. The molecule has 0 aromatic carbocycles. The zero-order valence-electron chi connectivity index (χ0n) is 43.8. The van der Waals surface area contributed by atoms with Gasteiger partial charge in [-0.2, -0.15) is 30.2 Å². The fraction of sp³-hybridized carbons (Fsp3) is 0.196. The van der Waals surface area contributed by atoms with E-state index in [1.807, 2.05) is 55.6 Å². The summed E-state index contributed by atoms with van der Waals surface area (Å²) >= 11 is 16.6. The van der Waals surface area contributed by atoms with Crippen LogP contribution in [0.15, 0.2) is 127 Å². The number of aryl methyl sites for hydroxylation is 2. The topological polar surface area (TPSA) is 366 Å². The van der Waals surface area contributed by atoms with Gasteiger partial charge in [0, 0.05) is 83.4 Å². The van der Waals surface area contributed by atoms with E-state index in [2.05, 4.69) is 124 Å². The van der Waals surface area contributed by atoms with Crippen LogP contribution in [0.3, 0.4) is 0 Å². The lowest BCUT2D eigenvalue weighted by molar-refractivity contribution is 0.636. The Morgan fingerprint density at radius 1 is 0.580 bits per heavy atom. The van der Waals surface area contributed by atoms with Gasteiger partial charge in [-0.3, -0.25) is 9.97 Å². The molecule has 10 aromatic rings. The Balaban J connectivity index is 0.000000222. The van der Waals surface area contributed by atoms with Crippen LogP contribution in [0.4, 0.5) is 23.8 Å². The van der Waals surface area contributed by atoms with Gasteiger partial charge >= 0.3 is 0 Å². The summed E-state index contributed by atoms with van der Waals surface area (Å²) in [5.41, 5.74) is 38.2. The first-order chi connectivity index (χ1) is 38.4. The van der Waals surface area contributed by atoms with Gasteiger partial charge < -0.3 is 22.9 Å². The van der Waals surface area contributed by atoms with Crippen LogP contribution in [0.2, 0.25) is 35.1 Å². The summed E-state index contributed by atoms with van der Waals surface area (Å²) in [6.07, 6.45) is 24.2. The number of hydrogen-bond acceptors (Lipinski definition) is 20. The third-order valence-corrected chi connectivity index (χ3v) is 11.0. The molecule has 0 amide bonds. The Bertz CT molecular complexity index is 3590. The summed E-state index contributed by atoms with van der Waals surface area (Å²) in [6, 6.07) is 23.5. The van der Waals surface area contributed by atoms with E-state index in [1.54, 1.807) is 86.2 Å². The van der Waals surface area contributed by atoms with Crippen LogP contribution in [0, 0.1) is 24.3 Å². The smallest absolute Gasteiger partial charge is 0.223 e. The lowest BCUT2D eigenvalue weighted by Crippen LogP contribution is -2.15. The first-order valence-corrected chi connectivity index (χ1v) is 28.3. The zero-order valence-corrected chi connectivity index (χ0v) is 47.1. The molecule has 10 heterocycles. The second-order valence-corrected chi connectivity index (χ2v) is 22.7. The number of terminal acetylenes is 2. The maximum Gasteiger partial charge on any atom is 0.223 e. The normalized spacial score (nSPS) is 10.0. The number of aromatic nitrogens is 19. The van der Waals surface area contributed by atoms with Gasteiger partial charge in [-0.25, -0.2) is 43.6 Å². The second-order valence-electron chi connectivity index (χ2n) is 16.7. The molecule has 26 nitrogen and oxygen atoms in total. The molecule has 0 saturated carbocycles. The molecular formula is C51H57Cl3N26Si. The molecule has 0 aliphatic rings. The van der Waals surface area contributed by atoms with Gasteiger partial charge in [-0.1, -0.05) is 98.2 Å². The predicted molar refractivity (Wildman–Crippen MR) is 317 cm³/mol. The Labute approximate surface area is 483 Å². The quantitative estimate of drug-likeness (QED) is 0.0248. The lowest BCUT2D eigenvalue weighted by Gasteiger charge is -2.04. The van der Waals surface area contributed by atoms with Crippen molar-refractivity contribution in [3.05, 3.63) is 177 Å². The van der Waals surface area contributed by atoms with Crippen LogP contribution < -0.4 is 22.9 Å². The van der Waals surface area contributed by atoms with Crippen molar-refractivity contribution in [2.75, 3.05) is 22.9 Å². The number of azide groups is 1. The maximum absolute atomic E-state index is 8.08. The Morgan fingerprint density at radius 2 is 1.02 bits per heavy atom. The molecule has 0 atom stereocenters. The van der Waals surface area contributed by atoms with E-state index < -0.39 is 8.07 Å². The molecule has 0 fully saturated rings. The van der Waals surface area contributed by atoms with Crippen LogP contribution in [0.25, 0.3) is 39.3 Å². The van der Waals surface area contributed by atoms with Crippen LogP contribution >= 0.6 is 34.8 Å². The summed E-state index contributed by atoms with van der Waals surface area (Å²) < 4.78 is 6.47. The minimum Gasteiger partial charge on any atom is -0.368 e. The number of anilines is 4. The van der Waals surface area contributed by atoms with E-state index in [0.717, 1.165) is 35.6 Å². The summed E-state index contributed by atoms with van der Waals surface area (Å²) in [5, 5.41) is 24.8. The fourth-order valence-corrected chi connectivity index (χ4v) is 6.52. The Morgan fingerprint density at radius 3 is 1.48 bits per heavy atom. The fourth-order valence-electron chi connectivity index (χ4n) is 5.90. The van der Waals surface area contributed by atoms with E-state index >= 15 is 0 Å². The van der Waals surface area contributed by atoms with Crippen LogP contribution in [0.1, 0.15) is 49.7 Å². The number of halogens is 3. The van der Waals surface area contributed by atoms with Crippen LogP contribution in [-0.4, -0.2) is 102 Å². The lowest BCUT2D eigenvalue weighted by atomic mass is 10.2. The van der Waals surface area contributed by atoms with Crippen molar-refractivity contribution >= 4 is 66.7 Å². The number of nitrogen functional groups attached to an aromatic ring is 4. The molecule has 0 aliphatic heterocycles. The van der Waals surface area contributed by atoms with Gasteiger partial charge in [-0.15, -0.1) is 23.5 Å². The standard InChI is InChI=1S/C17H17N9.C9H7N5.C8H10N4.C7H6ClN5.C5H10Si.C4H3Cl2N3.CH4/c1-2-12-5-3-6-13(20-12)10-25-11-15(23-24-25)14-9-16(22-17(18)21-14)26-8-4-7-19-26;1-2-7-6-8(13-9(10)12-7)14-5-3-4-11-14;1-2-7-4-3-5-8(11-7)6-10-12-9;8-5-4-6(12-7(9)11-5)13-3-1-2-10-13;1-5-6(2,3)4;5-2-1-3(6)9-4(7)8-2;/h3-9,11H,2,10H2,1H3,(H2,18,21,22);1,3-6H,(H2,10,12,13);3-5H,2,6H2,1H3;1-4H,(H2,9,11,12);1H,2-4H3;1H,(H2,7,8,9);1H4. The molecule has 0 unspecified atom stereocenters. The highest BCUT2D eigenvalue weighted by molar-refractivity contribution is 6.83. The van der Waals surface area contributed by atoms with E-state index in [1.165, 1.54) is 6.07 Å². The summed E-state index contributed by atoms with van der Waals surface area (Å²) in [6.45, 7) is 11.4. The molecule has 0 aliphatic carbocycles. The van der Waals surface area contributed by atoms with Crippen molar-refractivity contribution in [1.82, 2.24) is 94.2 Å². The molecule has 0 spiro atoms. The summed E-state index contributed by atoms with van der Waals surface area (Å²) in [5.74, 6) is 4.62. The number of nitrogens with two attached hydrogens (primary N) is 4. The largest absolute Gasteiger partial charge is 0.368 e. The summed E-state index contributed by atoms with van der Waals surface area (Å²) in [7, 11) is -1.10. The number of hydrogen-bond donors (Lipinski definition) is 4. The van der Waals surface area contributed by atoms with Crippen molar-refractivity contribution < 1.29 is 0 Å². The molecule has 0 bridgehead atoms. The highest BCUT2D eigenvalue weighted by Crippen LogP contribution is 2.18. The van der Waals surface area contributed by atoms with Gasteiger partial charge in [0.1, 0.15) is 34.9 Å². The molecule has 0 saturated heterocycles. The minimum absolute atomic E-state index is 0. The SMILES string of the molecule is C.C#C[Si](C)(C)C.C#Cc1cc(-n2cccn2)nc(N)n1.CCc1cccc(CN=[N+]=[N-])n1.CCc1cccc(Cn2cc(-c3cc(-n4cccn4)nc(N)n3)nn2)n1.Nc1nc(Cl)cc(-n2cccn2)n1.Nc1nc(Cl)cc(Cl)n1. The molecule has 30 heteroatoms. The molecule has 416 valence electrons. The van der Waals surface area contributed by atoms with Crippen LogP contribution in [0.5, 0.6) is 0 Å². The van der Waals surface area contributed by atoms with Gasteiger partial charge in [-0.05, 0) is 66.8 Å². The van der Waals surface area contributed by atoms with Crippen molar-refractivity contribution in [1.29, 1.82) is 0 Å².